The molecule has 2 rings (SSSR count). The summed E-state index contributed by atoms with van der Waals surface area (Å²) in [6, 6.07) is 8.71. The van der Waals surface area contributed by atoms with Crippen LogP contribution in [0.15, 0.2) is 36.5 Å². The minimum Gasteiger partial charge on any atom is -0.373 e. The molecule has 2 aromatic rings. The Morgan fingerprint density at radius 3 is 2.71 bits per heavy atom. The normalized spacial score (nSPS) is 10.1. The van der Waals surface area contributed by atoms with Crippen LogP contribution < -0.4 is 10.6 Å². The molecule has 0 bridgehead atoms. The number of hydrogen-bond acceptors (Lipinski definition) is 3. The van der Waals surface area contributed by atoms with Crippen LogP contribution in [0.5, 0.6) is 0 Å². The average molecular weight is 231 g/mol. The van der Waals surface area contributed by atoms with E-state index in [-0.39, 0.29) is 5.82 Å². The summed E-state index contributed by atoms with van der Waals surface area (Å²) < 4.78 is 13.6. The second-order valence-electron chi connectivity index (χ2n) is 3.79. The number of aromatic nitrogens is 1. The van der Waals surface area contributed by atoms with Gasteiger partial charge in [-0.25, -0.2) is 9.37 Å². The minimum atomic E-state index is -0.257. The van der Waals surface area contributed by atoms with Gasteiger partial charge in [0.15, 0.2) is 0 Å². The van der Waals surface area contributed by atoms with Gasteiger partial charge in [0.05, 0.1) is 5.69 Å². The van der Waals surface area contributed by atoms with Crippen LogP contribution in [-0.4, -0.2) is 12.0 Å². The minimum absolute atomic E-state index is 0.257. The molecular formula is C13H14FN3. The van der Waals surface area contributed by atoms with Crippen LogP contribution in [0.2, 0.25) is 0 Å². The molecule has 0 atom stereocenters. The van der Waals surface area contributed by atoms with Gasteiger partial charge >= 0.3 is 0 Å². The third-order valence-electron chi connectivity index (χ3n) is 2.42. The predicted octanol–water partition coefficient (Wildman–Crippen LogP) is 3.31. The van der Waals surface area contributed by atoms with Crippen LogP contribution in [0, 0.1) is 12.7 Å². The highest BCUT2D eigenvalue weighted by Gasteiger charge is 2.03. The molecule has 2 N–H and O–H groups in total. The molecule has 1 aromatic carbocycles. The van der Waals surface area contributed by atoms with E-state index >= 15 is 0 Å². The van der Waals surface area contributed by atoms with Gasteiger partial charge < -0.3 is 10.6 Å². The quantitative estimate of drug-likeness (QED) is 0.850. The van der Waals surface area contributed by atoms with Crippen molar-refractivity contribution in [3.8, 4) is 0 Å². The van der Waals surface area contributed by atoms with Crippen molar-refractivity contribution in [3.05, 3.63) is 47.9 Å². The van der Waals surface area contributed by atoms with Crippen molar-refractivity contribution >= 4 is 17.2 Å². The van der Waals surface area contributed by atoms with E-state index in [9.17, 15) is 4.39 Å². The number of halogens is 1. The zero-order chi connectivity index (χ0) is 12.3. The molecule has 4 heteroatoms. The Bertz CT molecular complexity index is 526. The van der Waals surface area contributed by atoms with Crippen LogP contribution in [0.1, 0.15) is 5.56 Å². The Labute approximate surface area is 99.7 Å². The van der Waals surface area contributed by atoms with Crippen molar-refractivity contribution < 1.29 is 4.39 Å². The maximum Gasteiger partial charge on any atom is 0.146 e. The van der Waals surface area contributed by atoms with E-state index < -0.39 is 0 Å². The lowest BCUT2D eigenvalue weighted by Crippen LogP contribution is -1.97. The molecular weight excluding hydrogens is 217 g/mol. The van der Waals surface area contributed by atoms with Gasteiger partial charge in [-0.05, 0) is 30.7 Å². The van der Waals surface area contributed by atoms with E-state index in [1.165, 1.54) is 6.07 Å². The van der Waals surface area contributed by atoms with Gasteiger partial charge in [0, 0.05) is 25.0 Å². The molecule has 0 saturated carbocycles. The number of benzene rings is 1. The van der Waals surface area contributed by atoms with E-state index in [4.69, 9.17) is 0 Å². The van der Waals surface area contributed by atoms with E-state index in [0.29, 0.717) is 5.69 Å². The third kappa shape index (κ3) is 2.72. The maximum absolute atomic E-state index is 13.6. The van der Waals surface area contributed by atoms with Crippen molar-refractivity contribution in [1.29, 1.82) is 0 Å². The molecule has 3 nitrogen and oxygen atoms in total. The molecule has 17 heavy (non-hydrogen) atoms. The smallest absolute Gasteiger partial charge is 0.146 e. The highest BCUT2D eigenvalue weighted by molar-refractivity contribution is 5.63. The molecule has 0 radical (unpaired) electrons. The first-order valence-electron chi connectivity index (χ1n) is 5.36. The third-order valence-corrected chi connectivity index (χ3v) is 2.42. The Balaban J connectivity index is 2.25. The summed E-state index contributed by atoms with van der Waals surface area (Å²) in [6.07, 6.45) is 1.67. The zero-order valence-electron chi connectivity index (χ0n) is 9.79. The second-order valence-corrected chi connectivity index (χ2v) is 3.79. The number of anilines is 3. The fraction of sp³-hybridized carbons (Fsp3) is 0.154. The Kier molecular flexibility index (Phi) is 3.23. The highest BCUT2D eigenvalue weighted by Crippen LogP contribution is 2.21. The molecule has 1 heterocycles. The molecule has 0 aliphatic carbocycles. The summed E-state index contributed by atoms with van der Waals surface area (Å²) in [7, 11) is 1.79. The second kappa shape index (κ2) is 4.82. The molecule has 0 saturated heterocycles. The fourth-order valence-electron chi connectivity index (χ4n) is 1.52. The zero-order valence-corrected chi connectivity index (χ0v) is 9.79. The van der Waals surface area contributed by atoms with Gasteiger partial charge in [0.25, 0.3) is 0 Å². The number of hydrogen-bond donors (Lipinski definition) is 2. The molecule has 88 valence electrons. The highest BCUT2D eigenvalue weighted by atomic mass is 19.1. The van der Waals surface area contributed by atoms with Crippen molar-refractivity contribution in [3.63, 3.8) is 0 Å². The summed E-state index contributed by atoms with van der Waals surface area (Å²) in [5.74, 6) is 0.482. The monoisotopic (exact) mass is 231 g/mol. The molecule has 0 unspecified atom stereocenters. The molecule has 0 spiro atoms. The van der Waals surface area contributed by atoms with E-state index in [1.807, 2.05) is 19.1 Å². The lowest BCUT2D eigenvalue weighted by molar-refractivity contribution is 0.631. The van der Waals surface area contributed by atoms with Gasteiger partial charge in [0.2, 0.25) is 0 Å². The molecule has 0 fully saturated rings. The first kappa shape index (κ1) is 11.4. The average Bonchev–Trinajstić information content (AvgIpc) is 2.33. The van der Waals surface area contributed by atoms with Gasteiger partial charge in [-0.2, -0.15) is 0 Å². The molecule has 1 aromatic heterocycles. The summed E-state index contributed by atoms with van der Waals surface area (Å²) in [5.41, 5.74) is 2.16. The fourth-order valence-corrected chi connectivity index (χ4v) is 1.52. The number of aryl methyl sites for hydroxylation is 1. The van der Waals surface area contributed by atoms with Gasteiger partial charge in [-0.3, -0.25) is 0 Å². The van der Waals surface area contributed by atoms with E-state index in [0.717, 1.165) is 17.1 Å². The maximum atomic E-state index is 13.6. The Morgan fingerprint density at radius 1 is 1.18 bits per heavy atom. The predicted molar refractivity (Wildman–Crippen MR) is 68.2 cm³/mol. The number of rotatable bonds is 3. The largest absolute Gasteiger partial charge is 0.373 e. The van der Waals surface area contributed by atoms with E-state index in [1.54, 1.807) is 25.4 Å². The number of nitrogens with one attached hydrogen (secondary N) is 2. The SMILES string of the molecule is CNc1cc(Nc2ccc(C)cc2F)ccn1. The Morgan fingerprint density at radius 2 is 2.00 bits per heavy atom. The molecule has 0 aliphatic rings. The summed E-state index contributed by atoms with van der Waals surface area (Å²) >= 11 is 0. The first-order chi connectivity index (χ1) is 8.19. The molecule has 0 amide bonds. The van der Waals surface area contributed by atoms with Crippen molar-refractivity contribution in [2.24, 2.45) is 0 Å². The van der Waals surface area contributed by atoms with Crippen LogP contribution in [0.3, 0.4) is 0 Å². The van der Waals surface area contributed by atoms with Crippen molar-refractivity contribution in [2.45, 2.75) is 6.92 Å². The summed E-state index contributed by atoms with van der Waals surface area (Å²) in [5, 5.41) is 5.95. The lowest BCUT2D eigenvalue weighted by atomic mass is 10.2. The van der Waals surface area contributed by atoms with Crippen LogP contribution in [-0.2, 0) is 0 Å². The van der Waals surface area contributed by atoms with Crippen LogP contribution in [0.25, 0.3) is 0 Å². The van der Waals surface area contributed by atoms with Crippen LogP contribution >= 0.6 is 0 Å². The van der Waals surface area contributed by atoms with Gasteiger partial charge in [-0.1, -0.05) is 6.07 Å². The number of nitrogens with zero attached hydrogens (tertiary/aromatic N) is 1. The Hall–Kier alpha value is -2.10. The summed E-state index contributed by atoms with van der Waals surface area (Å²) in [6.45, 7) is 1.86. The van der Waals surface area contributed by atoms with Crippen LogP contribution in [0.4, 0.5) is 21.6 Å². The summed E-state index contributed by atoms with van der Waals surface area (Å²) in [4.78, 5) is 4.09. The topological polar surface area (TPSA) is 37.0 Å². The standard InChI is InChI=1S/C13H14FN3/c1-9-3-4-12(11(14)7-9)17-10-5-6-16-13(8-10)15-2/h3-8H,1-2H3,(H2,15,16,17). The van der Waals surface area contributed by atoms with Crippen molar-refractivity contribution in [2.75, 3.05) is 17.7 Å². The number of pyridine rings is 1. The van der Waals surface area contributed by atoms with E-state index in [2.05, 4.69) is 15.6 Å². The molecule has 0 aliphatic heterocycles. The van der Waals surface area contributed by atoms with Gasteiger partial charge in [0.1, 0.15) is 11.6 Å². The first-order valence-corrected chi connectivity index (χ1v) is 5.36. The lowest BCUT2D eigenvalue weighted by Gasteiger charge is -2.09. The van der Waals surface area contributed by atoms with Crippen molar-refractivity contribution in [1.82, 2.24) is 4.98 Å². The van der Waals surface area contributed by atoms with Gasteiger partial charge in [-0.15, -0.1) is 0 Å².